The zero-order valence-electron chi connectivity index (χ0n) is 17.7. The molecule has 0 bridgehead atoms. The molecule has 1 heterocycles. The van der Waals surface area contributed by atoms with Gasteiger partial charge in [-0.15, -0.1) is 0 Å². The third kappa shape index (κ3) is 7.81. The molecule has 6 nitrogen and oxygen atoms in total. The molecule has 2 aromatic carbocycles. The van der Waals surface area contributed by atoms with E-state index in [1.807, 2.05) is 35.2 Å². The van der Waals surface area contributed by atoms with Crippen LogP contribution in [0.4, 0.5) is 13.2 Å². The SMILES string of the molecule is O=C(CN1CCN(CC(O)COc2ccccc2)CC1)NCc1ccc(C(F)(F)F)cc1. The molecule has 174 valence electrons. The van der Waals surface area contributed by atoms with E-state index in [0.29, 0.717) is 25.2 Å². The number of β-amino-alcohol motifs (C(OH)–C–C–N with tert-alkyl or cyclic N) is 1. The molecule has 0 spiro atoms. The van der Waals surface area contributed by atoms with E-state index in [1.165, 1.54) is 12.1 Å². The van der Waals surface area contributed by atoms with E-state index in [0.717, 1.165) is 31.0 Å². The Morgan fingerprint density at radius 1 is 1.00 bits per heavy atom. The molecular weight excluding hydrogens is 423 g/mol. The molecule has 2 N–H and O–H groups in total. The normalized spacial score (nSPS) is 16.5. The number of aliphatic hydroxyl groups excluding tert-OH is 1. The third-order valence-corrected chi connectivity index (χ3v) is 5.26. The second kappa shape index (κ2) is 11.3. The van der Waals surface area contributed by atoms with Crippen molar-refractivity contribution in [3.63, 3.8) is 0 Å². The molecule has 0 aromatic heterocycles. The second-order valence-corrected chi connectivity index (χ2v) is 7.83. The molecule has 32 heavy (non-hydrogen) atoms. The van der Waals surface area contributed by atoms with Gasteiger partial charge in [-0.3, -0.25) is 14.6 Å². The molecule has 1 fully saturated rings. The maximum absolute atomic E-state index is 12.6. The lowest BCUT2D eigenvalue weighted by Crippen LogP contribution is -2.51. The van der Waals surface area contributed by atoms with Crippen LogP contribution in [0, 0.1) is 0 Å². The molecule has 0 saturated carbocycles. The number of carbonyl (C=O) groups excluding carboxylic acids is 1. The summed E-state index contributed by atoms with van der Waals surface area (Å²) in [4.78, 5) is 16.3. The summed E-state index contributed by atoms with van der Waals surface area (Å²) < 4.78 is 43.4. The molecule has 0 aliphatic carbocycles. The minimum atomic E-state index is -4.37. The first-order valence-electron chi connectivity index (χ1n) is 10.5. The monoisotopic (exact) mass is 451 g/mol. The smallest absolute Gasteiger partial charge is 0.416 e. The van der Waals surface area contributed by atoms with Gasteiger partial charge >= 0.3 is 6.18 Å². The lowest BCUT2D eigenvalue weighted by atomic mass is 10.1. The van der Waals surface area contributed by atoms with Gasteiger partial charge in [0.2, 0.25) is 5.91 Å². The van der Waals surface area contributed by atoms with Crippen LogP contribution in [0.2, 0.25) is 0 Å². The number of hydrogen-bond acceptors (Lipinski definition) is 5. The van der Waals surface area contributed by atoms with Crippen LogP contribution in [-0.4, -0.2) is 72.8 Å². The summed E-state index contributed by atoms with van der Waals surface area (Å²) >= 11 is 0. The zero-order chi connectivity index (χ0) is 23.0. The fourth-order valence-electron chi connectivity index (χ4n) is 3.46. The van der Waals surface area contributed by atoms with E-state index >= 15 is 0 Å². The van der Waals surface area contributed by atoms with Crippen LogP contribution in [0.15, 0.2) is 54.6 Å². The minimum Gasteiger partial charge on any atom is -0.491 e. The zero-order valence-corrected chi connectivity index (χ0v) is 17.7. The molecule has 1 aliphatic heterocycles. The molecule has 1 atom stereocenters. The maximum atomic E-state index is 12.6. The highest BCUT2D eigenvalue weighted by Gasteiger charge is 2.30. The number of halogens is 3. The summed E-state index contributed by atoms with van der Waals surface area (Å²) in [5.41, 5.74) is -0.0925. The number of benzene rings is 2. The number of para-hydroxylation sites is 1. The summed E-state index contributed by atoms with van der Waals surface area (Å²) in [6.07, 6.45) is -4.97. The van der Waals surface area contributed by atoms with Gasteiger partial charge in [0.15, 0.2) is 0 Å². The summed E-state index contributed by atoms with van der Waals surface area (Å²) in [5.74, 6) is 0.549. The molecule has 1 unspecified atom stereocenters. The van der Waals surface area contributed by atoms with Gasteiger partial charge < -0.3 is 15.2 Å². The number of hydrogen-bond donors (Lipinski definition) is 2. The molecule has 3 rings (SSSR count). The van der Waals surface area contributed by atoms with Gasteiger partial charge in [-0.05, 0) is 29.8 Å². The van der Waals surface area contributed by atoms with Crippen LogP contribution in [0.25, 0.3) is 0 Å². The van der Waals surface area contributed by atoms with E-state index in [9.17, 15) is 23.1 Å². The Labute approximate surface area is 185 Å². The van der Waals surface area contributed by atoms with Crippen molar-refractivity contribution in [2.45, 2.75) is 18.8 Å². The molecule has 1 saturated heterocycles. The van der Waals surface area contributed by atoms with Crippen LogP contribution in [0.5, 0.6) is 5.75 Å². The highest BCUT2D eigenvalue weighted by atomic mass is 19.4. The van der Waals surface area contributed by atoms with Crippen molar-refractivity contribution < 1.29 is 27.8 Å². The molecule has 9 heteroatoms. The number of aliphatic hydroxyl groups is 1. The fourth-order valence-corrected chi connectivity index (χ4v) is 3.46. The van der Waals surface area contributed by atoms with Gasteiger partial charge in [0, 0.05) is 39.3 Å². The number of alkyl halides is 3. The molecule has 1 amide bonds. The van der Waals surface area contributed by atoms with Crippen LogP contribution >= 0.6 is 0 Å². The van der Waals surface area contributed by atoms with Gasteiger partial charge in [-0.2, -0.15) is 13.2 Å². The number of piperazine rings is 1. The Morgan fingerprint density at radius 3 is 2.25 bits per heavy atom. The number of nitrogens with zero attached hydrogens (tertiary/aromatic N) is 2. The van der Waals surface area contributed by atoms with Crippen molar-refractivity contribution in [3.05, 3.63) is 65.7 Å². The van der Waals surface area contributed by atoms with Crippen molar-refractivity contribution >= 4 is 5.91 Å². The number of rotatable bonds is 9. The van der Waals surface area contributed by atoms with Gasteiger partial charge in [-0.25, -0.2) is 0 Å². The van der Waals surface area contributed by atoms with Crippen molar-refractivity contribution in [3.8, 4) is 5.75 Å². The second-order valence-electron chi connectivity index (χ2n) is 7.83. The molecule has 0 radical (unpaired) electrons. The largest absolute Gasteiger partial charge is 0.491 e. The summed E-state index contributed by atoms with van der Waals surface area (Å²) in [5, 5.41) is 13.0. The number of amides is 1. The van der Waals surface area contributed by atoms with Crippen molar-refractivity contribution in [2.75, 3.05) is 45.9 Å². The predicted molar refractivity (Wildman–Crippen MR) is 114 cm³/mol. The Bertz CT molecular complexity index is 839. The van der Waals surface area contributed by atoms with Crippen LogP contribution in [0.1, 0.15) is 11.1 Å². The Hall–Kier alpha value is -2.62. The summed E-state index contributed by atoms with van der Waals surface area (Å²) in [6.45, 7) is 3.99. The first-order chi connectivity index (χ1) is 15.3. The molecule has 2 aromatic rings. The van der Waals surface area contributed by atoms with Crippen molar-refractivity contribution in [1.29, 1.82) is 0 Å². The first kappa shape index (κ1) is 24.0. The quantitative estimate of drug-likeness (QED) is 0.613. The highest BCUT2D eigenvalue weighted by molar-refractivity contribution is 5.78. The summed E-state index contributed by atoms with van der Waals surface area (Å²) in [6, 6.07) is 14.1. The average molecular weight is 451 g/mol. The molecule has 1 aliphatic rings. The van der Waals surface area contributed by atoms with Crippen LogP contribution in [-0.2, 0) is 17.5 Å². The topological polar surface area (TPSA) is 65.0 Å². The van der Waals surface area contributed by atoms with Gasteiger partial charge in [0.1, 0.15) is 18.5 Å². The summed E-state index contributed by atoms with van der Waals surface area (Å²) in [7, 11) is 0. The van der Waals surface area contributed by atoms with E-state index in [2.05, 4.69) is 10.2 Å². The standard InChI is InChI=1S/C23H28F3N3O3/c24-23(25,26)19-8-6-18(7-9-19)14-27-22(31)16-29-12-10-28(11-13-29)15-20(30)17-32-21-4-2-1-3-5-21/h1-9,20,30H,10-17H2,(H,27,31). The van der Waals surface area contributed by atoms with Crippen LogP contribution in [0.3, 0.4) is 0 Å². The molecular formula is C23H28F3N3O3. The lowest BCUT2D eigenvalue weighted by molar-refractivity contribution is -0.137. The Kier molecular flexibility index (Phi) is 8.49. The number of ether oxygens (including phenoxy) is 1. The average Bonchev–Trinajstić information content (AvgIpc) is 2.78. The van der Waals surface area contributed by atoms with Crippen molar-refractivity contribution in [1.82, 2.24) is 15.1 Å². The van der Waals surface area contributed by atoms with Gasteiger partial charge in [-0.1, -0.05) is 30.3 Å². The van der Waals surface area contributed by atoms with Gasteiger partial charge in [0.25, 0.3) is 0 Å². The number of carbonyl (C=O) groups is 1. The third-order valence-electron chi connectivity index (χ3n) is 5.26. The maximum Gasteiger partial charge on any atom is 0.416 e. The van der Waals surface area contributed by atoms with Crippen LogP contribution < -0.4 is 10.1 Å². The van der Waals surface area contributed by atoms with E-state index < -0.39 is 17.8 Å². The lowest BCUT2D eigenvalue weighted by Gasteiger charge is -2.35. The van der Waals surface area contributed by atoms with Crippen molar-refractivity contribution in [2.24, 2.45) is 0 Å². The van der Waals surface area contributed by atoms with E-state index in [-0.39, 0.29) is 25.6 Å². The fraction of sp³-hybridized carbons (Fsp3) is 0.435. The van der Waals surface area contributed by atoms with E-state index in [1.54, 1.807) is 0 Å². The Morgan fingerprint density at radius 2 is 1.62 bits per heavy atom. The van der Waals surface area contributed by atoms with Gasteiger partial charge in [0.05, 0.1) is 12.1 Å². The minimum absolute atomic E-state index is 0.172. The Balaban J connectivity index is 1.31. The number of nitrogens with one attached hydrogen (secondary N) is 1. The van der Waals surface area contributed by atoms with E-state index in [4.69, 9.17) is 4.74 Å². The first-order valence-corrected chi connectivity index (χ1v) is 10.5. The predicted octanol–water partition coefficient (Wildman–Crippen LogP) is 2.38. The highest BCUT2D eigenvalue weighted by Crippen LogP contribution is 2.29.